The summed E-state index contributed by atoms with van der Waals surface area (Å²) >= 11 is 0. The van der Waals surface area contributed by atoms with Crippen LogP contribution in [0.3, 0.4) is 0 Å². The molecule has 1 amide bonds. The van der Waals surface area contributed by atoms with E-state index in [2.05, 4.69) is 10.4 Å². The molecule has 0 unspecified atom stereocenters. The van der Waals surface area contributed by atoms with Crippen LogP contribution in [0.15, 0.2) is 85.1 Å². The Kier molecular flexibility index (Phi) is 6.29. The van der Waals surface area contributed by atoms with Crippen molar-refractivity contribution in [3.63, 3.8) is 0 Å². The van der Waals surface area contributed by atoms with Crippen molar-refractivity contribution in [2.24, 2.45) is 0 Å². The first kappa shape index (κ1) is 21.8. The molecular weight excluding hydrogens is 426 g/mol. The standard InChI is InChI=1S/C28H27N3O3/c1-33-26-16-21(12-15-25(26)34-19-20-8-4-2-5-9-20)17-29-28(32)24-18-30-31(27(24)22-13-14-22)23-10-6-3-7-11-23/h2-12,15-16,18,22H,13-14,17,19H2,1H3,(H,29,32). The van der Waals surface area contributed by atoms with Crippen LogP contribution in [0.2, 0.25) is 0 Å². The van der Waals surface area contributed by atoms with Crippen LogP contribution in [-0.2, 0) is 13.2 Å². The lowest BCUT2D eigenvalue weighted by molar-refractivity contribution is 0.0950. The third-order valence-corrected chi connectivity index (χ3v) is 5.93. The van der Waals surface area contributed by atoms with Crippen LogP contribution in [0.1, 0.15) is 45.9 Å². The van der Waals surface area contributed by atoms with Crippen LogP contribution < -0.4 is 14.8 Å². The van der Waals surface area contributed by atoms with Crippen molar-refractivity contribution in [3.8, 4) is 17.2 Å². The fourth-order valence-corrected chi connectivity index (χ4v) is 4.01. The van der Waals surface area contributed by atoms with E-state index >= 15 is 0 Å². The second-order valence-corrected chi connectivity index (χ2v) is 8.41. The summed E-state index contributed by atoms with van der Waals surface area (Å²) in [4.78, 5) is 13.1. The molecular formula is C28H27N3O3. The number of hydrogen-bond acceptors (Lipinski definition) is 4. The molecule has 5 rings (SSSR count). The van der Waals surface area contributed by atoms with Gasteiger partial charge in [-0.15, -0.1) is 0 Å². The number of nitrogens with zero attached hydrogens (tertiary/aromatic N) is 2. The number of aromatic nitrogens is 2. The predicted molar refractivity (Wildman–Crippen MR) is 130 cm³/mol. The van der Waals surface area contributed by atoms with Crippen LogP contribution in [0.4, 0.5) is 0 Å². The minimum absolute atomic E-state index is 0.118. The number of nitrogens with one attached hydrogen (secondary N) is 1. The van der Waals surface area contributed by atoms with Gasteiger partial charge in [0.1, 0.15) is 6.61 Å². The molecule has 0 atom stereocenters. The van der Waals surface area contributed by atoms with Gasteiger partial charge >= 0.3 is 0 Å². The number of carbonyl (C=O) groups is 1. The molecule has 1 aromatic heterocycles. The Labute approximate surface area is 199 Å². The van der Waals surface area contributed by atoms with Crippen molar-refractivity contribution in [1.82, 2.24) is 15.1 Å². The molecule has 4 aromatic rings. The highest BCUT2D eigenvalue weighted by atomic mass is 16.5. The van der Waals surface area contributed by atoms with E-state index < -0.39 is 0 Å². The lowest BCUT2D eigenvalue weighted by atomic mass is 10.1. The zero-order valence-corrected chi connectivity index (χ0v) is 19.1. The highest BCUT2D eigenvalue weighted by Gasteiger charge is 2.32. The third kappa shape index (κ3) is 4.81. The van der Waals surface area contributed by atoms with Gasteiger partial charge in [0.15, 0.2) is 11.5 Å². The highest BCUT2D eigenvalue weighted by Crippen LogP contribution is 2.42. The van der Waals surface area contributed by atoms with E-state index in [9.17, 15) is 4.79 Å². The van der Waals surface area contributed by atoms with Crippen LogP contribution >= 0.6 is 0 Å². The van der Waals surface area contributed by atoms with Gasteiger partial charge in [-0.05, 0) is 48.2 Å². The number of methoxy groups -OCH3 is 1. The fraction of sp³-hybridized carbons (Fsp3) is 0.214. The summed E-state index contributed by atoms with van der Waals surface area (Å²) in [5.41, 5.74) is 4.62. The molecule has 1 fully saturated rings. The molecule has 6 heteroatoms. The topological polar surface area (TPSA) is 65.4 Å². The summed E-state index contributed by atoms with van der Waals surface area (Å²) in [5, 5.41) is 7.57. The number of hydrogen-bond donors (Lipinski definition) is 1. The largest absolute Gasteiger partial charge is 0.493 e. The molecule has 1 aliphatic carbocycles. The molecule has 0 bridgehead atoms. The van der Waals surface area contributed by atoms with E-state index in [0.717, 1.165) is 35.3 Å². The Balaban J connectivity index is 1.27. The van der Waals surface area contributed by atoms with Gasteiger partial charge in [0.2, 0.25) is 0 Å². The second-order valence-electron chi connectivity index (χ2n) is 8.41. The fourth-order valence-electron chi connectivity index (χ4n) is 4.01. The molecule has 6 nitrogen and oxygen atoms in total. The van der Waals surface area contributed by atoms with Crippen LogP contribution in [0.25, 0.3) is 5.69 Å². The zero-order chi connectivity index (χ0) is 23.3. The quantitative estimate of drug-likeness (QED) is 0.375. The summed E-state index contributed by atoms with van der Waals surface area (Å²) in [6.45, 7) is 0.845. The first-order valence-electron chi connectivity index (χ1n) is 11.5. The monoisotopic (exact) mass is 453 g/mol. The first-order valence-corrected chi connectivity index (χ1v) is 11.5. The van der Waals surface area contributed by atoms with Gasteiger partial charge in [-0.2, -0.15) is 5.10 Å². The second kappa shape index (κ2) is 9.83. The van der Waals surface area contributed by atoms with E-state index in [1.807, 2.05) is 83.5 Å². The van der Waals surface area contributed by atoms with Gasteiger partial charge in [-0.25, -0.2) is 4.68 Å². The van der Waals surface area contributed by atoms with E-state index in [0.29, 0.717) is 36.1 Å². The molecule has 1 aliphatic rings. The Bertz CT molecular complexity index is 1260. The summed E-state index contributed by atoms with van der Waals surface area (Å²) < 4.78 is 13.4. The Morgan fingerprint density at radius 2 is 1.71 bits per heavy atom. The van der Waals surface area contributed by atoms with E-state index in [-0.39, 0.29) is 5.91 Å². The molecule has 1 N–H and O–H groups in total. The Morgan fingerprint density at radius 1 is 0.971 bits per heavy atom. The number of rotatable bonds is 9. The SMILES string of the molecule is COc1cc(CNC(=O)c2cnn(-c3ccccc3)c2C2CC2)ccc1OCc1ccccc1. The minimum Gasteiger partial charge on any atom is -0.493 e. The molecule has 0 aliphatic heterocycles. The van der Waals surface area contributed by atoms with Crippen molar-refractivity contribution in [1.29, 1.82) is 0 Å². The van der Waals surface area contributed by atoms with Gasteiger partial charge in [-0.3, -0.25) is 4.79 Å². The van der Waals surface area contributed by atoms with E-state index in [4.69, 9.17) is 9.47 Å². The Hall–Kier alpha value is -4.06. The summed E-state index contributed by atoms with van der Waals surface area (Å²) in [5.74, 6) is 1.57. The molecule has 172 valence electrons. The molecule has 0 spiro atoms. The maximum absolute atomic E-state index is 13.1. The zero-order valence-electron chi connectivity index (χ0n) is 19.1. The number of amides is 1. The third-order valence-electron chi connectivity index (χ3n) is 5.93. The van der Waals surface area contributed by atoms with E-state index in [1.165, 1.54) is 0 Å². The van der Waals surface area contributed by atoms with Crippen LogP contribution in [0, 0.1) is 0 Å². The normalized spacial score (nSPS) is 12.9. The minimum atomic E-state index is -0.118. The molecule has 0 radical (unpaired) electrons. The maximum Gasteiger partial charge on any atom is 0.255 e. The van der Waals surface area contributed by atoms with Crippen molar-refractivity contribution in [2.45, 2.75) is 31.9 Å². The molecule has 1 saturated carbocycles. The summed E-state index contributed by atoms with van der Waals surface area (Å²) in [7, 11) is 1.62. The van der Waals surface area contributed by atoms with Gasteiger partial charge in [0.05, 0.1) is 30.3 Å². The van der Waals surface area contributed by atoms with Crippen molar-refractivity contribution in [3.05, 3.63) is 107 Å². The smallest absolute Gasteiger partial charge is 0.255 e. The summed E-state index contributed by atoms with van der Waals surface area (Å²) in [6.07, 6.45) is 3.85. The number of para-hydroxylation sites is 1. The van der Waals surface area contributed by atoms with E-state index in [1.54, 1.807) is 13.3 Å². The first-order chi connectivity index (χ1) is 16.7. The predicted octanol–water partition coefficient (Wildman–Crippen LogP) is 5.27. The van der Waals surface area contributed by atoms with Crippen molar-refractivity contribution < 1.29 is 14.3 Å². The van der Waals surface area contributed by atoms with Crippen molar-refractivity contribution >= 4 is 5.91 Å². The van der Waals surface area contributed by atoms with Crippen LogP contribution in [-0.4, -0.2) is 22.8 Å². The number of ether oxygens (including phenoxy) is 2. The van der Waals surface area contributed by atoms with Gasteiger partial charge < -0.3 is 14.8 Å². The highest BCUT2D eigenvalue weighted by molar-refractivity contribution is 5.95. The number of benzene rings is 3. The molecule has 34 heavy (non-hydrogen) atoms. The van der Waals surface area contributed by atoms with Gasteiger partial charge in [0, 0.05) is 12.5 Å². The average Bonchev–Trinajstić information content (AvgIpc) is 3.64. The van der Waals surface area contributed by atoms with Gasteiger partial charge in [0.25, 0.3) is 5.91 Å². The van der Waals surface area contributed by atoms with Crippen molar-refractivity contribution in [2.75, 3.05) is 7.11 Å². The van der Waals surface area contributed by atoms with Gasteiger partial charge in [-0.1, -0.05) is 54.6 Å². The van der Waals surface area contributed by atoms with Crippen LogP contribution in [0.5, 0.6) is 11.5 Å². The summed E-state index contributed by atoms with van der Waals surface area (Å²) in [6, 6.07) is 25.7. The average molecular weight is 454 g/mol. The molecule has 3 aromatic carbocycles. The molecule has 0 saturated heterocycles. The Morgan fingerprint density at radius 3 is 2.41 bits per heavy atom. The maximum atomic E-state index is 13.1. The number of carbonyl (C=O) groups excluding carboxylic acids is 1. The lowest BCUT2D eigenvalue weighted by Gasteiger charge is -2.13. The lowest BCUT2D eigenvalue weighted by Crippen LogP contribution is -2.23. The molecule has 1 heterocycles.